The van der Waals surface area contributed by atoms with Gasteiger partial charge in [-0.15, -0.1) is 0 Å². The number of hydrogen-bond acceptors (Lipinski definition) is 4. The summed E-state index contributed by atoms with van der Waals surface area (Å²) in [6.07, 6.45) is 4.05. The Labute approximate surface area is 188 Å². The predicted octanol–water partition coefficient (Wildman–Crippen LogP) is 2.71. The summed E-state index contributed by atoms with van der Waals surface area (Å²) in [6, 6.07) is 5.67. The summed E-state index contributed by atoms with van der Waals surface area (Å²) < 4.78 is 0. The van der Waals surface area contributed by atoms with E-state index in [9.17, 15) is 19.2 Å². The summed E-state index contributed by atoms with van der Waals surface area (Å²) in [5.74, 6) is -0.192. The van der Waals surface area contributed by atoms with Crippen molar-refractivity contribution in [2.24, 2.45) is 17.1 Å². The summed E-state index contributed by atoms with van der Waals surface area (Å²) in [5.41, 5.74) is 5.76. The zero-order valence-electron chi connectivity index (χ0n) is 19.0. The third-order valence-corrected chi connectivity index (χ3v) is 7.11. The van der Waals surface area contributed by atoms with Gasteiger partial charge in [0, 0.05) is 12.2 Å². The van der Waals surface area contributed by atoms with Crippen LogP contribution in [0.4, 0.5) is 15.3 Å². The Morgan fingerprint density at radius 1 is 1.19 bits per heavy atom. The molecule has 9 heteroatoms. The van der Waals surface area contributed by atoms with E-state index in [4.69, 9.17) is 5.73 Å². The minimum atomic E-state index is -0.874. The van der Waals surface area contributed by atoms with Gasteiger partial charge in [0.1, 0.15) is 12.1 Å². The van der Waals surface area contributed by atoms with Crippen LogP contribution in [-0.2, 0) is 16.1 Å². The molecule has 5 N–H and O–H groups in total. The molecule has 9 nitrogen and oxygen atoms in total. The van der Waals surface area contributed by atoms with Gasteiger partial charge in [-0.2, -0.15) is 0 Å². The largest absolute Gasteiger partial charge is 0.351 e. The number of hydrogen-bond donors (Lipinski definition) is 4. The molecular formula is C23H33N5O4. The van der Waals surface area contributed by atoms with E-state index < -0.39 is 23.5 Å². The van der Waals surface area contributed by atoms with Gasteiger partial charge in [-0.3, -0.25) is 14.5 Å². The van der Waals surface area contributed by atoms with Gasteiger partial charge in [-0.25, -0.2) is 9.59 Å². The minimum Gasteiger partial charge on any atom is -0.351 e. The number of nitrogens with two attached hydrogens (primary N) is 1. The molecule has 1 aliphatic carbocycles. The molecular weight excluding hydrogens is 410 g/mol. The maximum atomic E-state index is 13.1. The number of imide groups is 1. The lowest BCUT2D eigenvalue weighted by atomic mass is 9.65. The number of nitrogens with zero attached hydrogens (tertiary/aromatic N) is 1. The highest BCUT2D eigenvalue weighted by molar-refractivity contribution is 6.09. The number of anilines is 1. The summed E-state index contributed by atoms with van der Waals surface area (Å²) in [6.45, 7) is 6.61. The van der Waals surface area contributed by atoms with Gasteiger partial charge in [0.25, 0.3) is 5.91 Å². The zero-order chi connectivity index (χ0) is 23.5. The standard InChI is InChI=1S/C23H33N5O4/c1-4-22(2,3)16-9-11-23(12-10-16)19(30)28(21(32)27-23)14-18(29)25-13-15-5-7-17(8-6-15)26-20(24)31/h5-8,16H,4,9-14H2,1-3H3,(H,25,29)(H,27,32)(H3,24,26,31). The Hall–Kier alpha value is -3.10. The maximum Gasteiger partial charge on any atom is 0.325 e. The first-order chi connectivity index (χ1) is 15.1. The van der Waals surface area contributed by atoms with Crippen molar-refractivity contribution in [2.75, 3.05) is 11.9 Å². The Morgan fingerprint density at radius 3 is 2.38 bits per heavy atom. The molecule has 1 heterocycles. The molecule has 0 aromatic heterocycles. The van der Waals surface area contributed by atoms with E-state index >= 15 is 0 Å². The first-order valence-corrected chi connectivity index (χ1v) is 11.1. The van der Waals surface area contributed by atoms with Crippen LogP contribution in [-0.4, -0.2) is 40.9 Å². The van der Waals surface area contributed by atoms with Gasteiger partial charge in [-0.1, -0.05) is 39.3 Å². The van der Waals surface area contributed by atoms with Crippen molar-refractivity contribution < 1.29 is 19.2 Å². The smallest absolute Gasteiger partial charge is 0.325 e. The number of carbonyl (C=O) groups is 4. The number of primary amides is 1. The normalized spacial score (nSPS) is 23.2. The second-order valence-corrected chi connectivity index (χ2v) is 9.48. The SMILES string of the molecule is CCC(C)(C)C1CCC2(CC1)NC(=O)N(CC(=O)NCc1ccc(NC(N)=O)cc1)C2=O. The van der Waals surface area contributed by atoms with Crippen LogP contribution in [0.25, 0.3) is 0 Å². The Bertz CT molecular complexity index is 888. The van der Waals surface area contributed by atoms with Crippen molar-refractivity contribution in [3.63, 3.8) is 0 Å². The van der Waals surface area contributed by atoms with E-state index in [-0.39, 0.29) is 24.4 Å². The lowest BCUT2D eigenvalue weighted by molar-refractivity contribution is -0.136. The number of carbonyl (C=O) groups excluding carboxylic acids is 4. The molecule has 1 spiro atoms. The van der Waals surface area contributed by atoms with Gasteiger partial charge in [0.15, 0.2) is 0 Å². The summed E-state index contributed by atoms with van der Waals surface area (Å²) in [5, 5.41) is 8.06. The van der Waals surface area contributed by atoms with Crippen LogP contribution >= 0.6 is 0 Å². The summed E-state index contributed by atoms with van der Waals surface area (Å²) in [7, 11) is 0. The predicted molar refractivity (Wildman–Crippen MR) is 121 cm³/mol. The van der Waals surface area contributed by atoms with E-state index in [0.29, 0.717) is 24.4 Å². The van der Waals surface area contributed by atoms with Crippen LogP contribution in [0.3, 0.4) is 0 Å². The molecule has 0 atom stereocenters. The molecule has 2 aliphatic rings. The molecule has 1 saturated carbocycles. The van der Waals surface area contributed by atoms with E-state index in [1.165, 1.54) is 0 Å². The van der Waals surface area contributed by atoms with Crippen LogP contribution in [0.5, 0.6) is 0 Å². The topological polar surface area (TPSA) is 134 Å². The Kier molecular flexibility index (Phi) is 6.76. The van der Waals surface area contributed by atoms with Crippen molar-refractivity contribution in [3.8, 4) is 0 Å². The molecule has 1 aliphatic heterocycles. The van der Waals surface area contributed by atoms with Crippen LogP contribution in [0.15, 0.2) is 24.3 Å². The molecule has 1 aromatic carbocycles. The van der Waals surface area contributed by atoms with E-state index in [2.05, 4.69) is 36.7 Å². The molecule has 0 bridgehead atoms. The molecule has 2 fully saturated rings. The first-order valence-electron chi connectivity index (χ1n) is 11.1. The van der Waals surface area contributed by atoms with Gasteiger partial charge < -0.3 is 21.7 Å². The second kappa shape index (κ2) is 9.18. The van der Waals surface area contributed by atoms with Crippen molar-refractivity contribution in [2.45, 2.75) is 65.0 Å². The molecule has 32 heavy (non-hydrogen) atoms. The van der Waals surface area contributed by atoms with E-state index in [1.807, 2.05) is 0 Å². The van der Waals surface area contributed by atoms with Gasteiger partial charge in [-0.05, 0) is 54.7 Å². The lowest BCUT2D eigenvalue weighted by Gasteiger charge is -2.42. The lowest BCUT2D eigenvalue weighted by Crippen LogP contribution is -2.51. The number of urea groups is 2. The van der Waals surface area contributed by atoms with Crippen molar-refractivity contribution in [1.82, 2.24) is 15.5 Å². The van der Waals surface area contributed by atoms with E-state index in [1.54, 1.807) is 24.3 Å². The molecule has 6 amide bonds. The third-order valence-electron chi connectivity index (χ3n) is 7.11. The zero-order valence-corrected chi connectivity index (χ0v) is 19.0. The molecule has 174 valence electrons. The number of benzene rings is 1. The van der Waals surface area contributed by atoms with E-state index in [0.717, 1.165) is 29.7 Å². The van der Waals surface area contributed by atoms with Gasteiger partial charge in [0.05, 0.1) is 0 Å². The number of nitrogens with one attached hydrogen (secondary N) is 3. The van der Waals surface area contributed by atoms with Crippen LogP contribution in [0.2, 0.25) is 0 Å². The van der Waals surface area contributed by atoms with Gasteiger partial charge in [0.2, 0.25) is 5.91 Å². The van der Waals surface area contributed by atoms with Crippen LogP contribution in [0, 0.1) is 11.3 Å². The van der Waals surface area contributed by atoms with Crippen molar-refractivity contribution >= 4 is 29.6 Å². The Balaban J connectivity index is 1.53. The van der Waals surface area contributed by atoms with Crippen LogP contribution in [0.1, 0.15) is 58.4 Å². The third kappa shape index (κ3) is 5.03. The second-order valence-electron chi connectivity index (χ2n) is 9.48. The molecule has 0 unspecified atom stereocenters. The summed E-state index contributed by atoms with van der Waals surface area (Å²) >= 11 is 0. The van der Waals surface area contributed by atoms with Crippen molar-refractivity contribution in [1.29, 1.82) is 0 Å². The average molecular weight is 444 g/mol. The first kappa shape index (κ1) is 23.6. The fourth-order valence-corrected chi connectivity index (χ4v) is 4.59. The molecule has 1 saturated heterocycles. The molecule has 0 radical (unpaired) electrons. The monoisotopic (exact) mass is 443 g/mol. The van der Waals surface area contributed by atoms with Crippen molar-refractivity contribution in [3.05, 3.63) is 29.8 Å². The maximum absolute atomic E-state index is 13.1. The highest BCUT2D eigenvalue weighted by atomic mass is 16.2. The number of amides is 6. The highest BCUT2D eigenvalue weighted by Gasteiger charge is 2.53. The van der Waals surface area contributed by atoms with Gasteiger partial charge >= 0.3 is 12.1 Å². The number of rotatable bonds is 7. The quantitative estimate of drug-likeness (QED) is 0.482. The molecule has 3 rings (SSSR count). The summed E-state index contributed by atoms with van der Waals surface area (Å²) in [4.78, 5) is 49.9. The Morgan fingerprint density at radius 2 is 1.81 bits per heavy atom. The fourth-order valence-electron chi connectivity index (χ4n) is 4.59. The average Bonchev–Trinajstić information content (AvgIpc) is 2.97. The molecule has 1 aromatic rings. The van der Waals surface area contributed by atoms with Crippen LogP contribution < -0.4 is 21.7 Å². The highest BCUT2D eigenvalue weighted by Crippen LogP contribution is 2.45. The fraction of sp³-hybridized carbons (Fsp3) is 0.565. The minimum absolute atomic E-state index is 0.209.